The number of nitro benzene ring substituents is 1. The van der Waals surface area contributed by atoms with Crippen molar-refractivity contribution in [3.05, 3.63) is 99.6 Å². The van der Waals surface area contributed by atoms with Gasteiger partial charge in [0.2, 0.25) is 5.91 Å². The Bertz CT molecular complexity index is 1230. The van der Waals surface area contributed by atoms with E-state index in [1.165, 1.54) is 25.1 Å². The van der Waals surface area contributed by atoms with Crippen LogP contribution in [-0.2, 0) is 16.1 Å². The van der Waals surface area contributed by atoms with Crippen molar-refractivity contribution in [3.8, 4) is 0 Å². The molecule has 0 aromatic heterocycles. The van der Waals surface area contributed by atoms with Crippen LogP contribution in [0.5, 0.6) is 0 Å². The van der Waals surface area contributed by atoms with Crippen LogP contribution in [0.1, 0.15) is 23.6 Å². The molecule has 1 heterocycles. The van der Waals surface area contributed by atoms with Crippen LogP contribution in [0.2, 0.25) is 0 Å². The first-order valence-corrected chi connectivity index (χ1v) is 9.92. The number of fused-ring (bicyclic) bond motifs is 1. The number of nitro groups is 1. The van der Waals surface area contributed by atoms with Crippen LogP contribution < -0.4 is 16.0 Å². The zero-order chi connectivity index (χ0) is 22.7. The first-order chi connectivity index (χ1) is 15.4. The van der Waals surface area contributed by atoms with Crippen molar-refractivity contribution >= 4 is 40.1 Å². The molecule has 0 saturated carbocycles. The smallest absolute Gasteiger partial charge is 0.270 e. The number of anilines is 2. The van der Waals surface area contributed by atoms with Gasteiger partial charge < -0.3 is 16.0 Å². The maximum atomic E-state index is 12.9. The highest BCUT2D eigenvalue weighted by molar-refractivity contribution is 6.37. The van der Waals surface area contributed by atoms with Gasteiger partial charge in [0, 0.05) is 42.5 Å². The van der Waals surface area contributed by atoms with E-state index >= 15 is 0 Å². The van der Waals surface area contributed by atoms with Gasteiger partial charge in [-0.25, -0.2) is 0 Å². The molecule has 1 aliphatic rings. The Morgan fingerprint density at radius 2 is 1.75 bits per heavy atom. The second-order valence-electron chi connectivity index (χ2n) is 7.29. The molecular weight excluding hydrogens is 408 g/mol. The molecule has 0 unspecified atom stereocenters. The molecule has 2 amide bonds. The van der Waals surface area contributed by atoms with Crippen LogP contribution in [0.15, 0.2) is 72.8 Å². The third kappa shape index (κ3) is 4.34. The van der Waals surface area contributed by atoms with Crippen molar-refractivity contribution in [2.75, 3.05) is 10.6 Å². The number of carbonyl (C=O) groups excluding carboxylic acids is 2. The highest BCUT2D eigenvalue weighted by Gasteiger charge is 2.30. The molecule has 4 rings (SSSR count). The van der Waals surface area contributed by atoms with E-state index in [2.05, 4.69) is 16.0 Å². The number of hydrogen-bond acceptors (Lipinski definition) is 5. The Kier molecular flexibility index (Phi) is 5.67. The average molecular weight is 428 g/mol. The van der Waals surface area contributed by atoms with Gasteiger partial charge in [-0.15, -0.1) is 0 Å². The summed E-state index contributed by atoms with van der Waals surface area (Å²) < 4.78 is 0. The van der Waals surface area contributed by atoms with E-state index in [-0.39, 0.29) is 17.5 Å². The number of carbonyl (C=O) groups is 2. The molecule has 3 aromatic carbocycles. The summed E-state index contributed by atoms with van der Waals surface area (Å²) in [4.78, 5) is 34.8. The highest BCUT2D eigenvalue weighted by Crippen LogP contribution is 2.39. The van der Waals surface area contributed by atoms with E-state index in [9.17, 15) is 19.7 Å². The second kappa shape index (κ2) is 8.73. The lowest BCUT2D eigenvalue weighted by Crippen LogP contribution is -2.18. The molecule has 0 atom stereocenters. The van der Waals surface area contributed by atoms with Gasteiger partial charge in [-0.1, -0.05) is 42.5 Å². The minimum Gasteiger partial charge on any atom is -0.354 e. The van der Waals surface area contributed by atoms with Crippen molar-refractivity contribution in [2.45, 2.75) is 13.5 Å². The highest BCUT2D eigenvalue weighted by atomic mass is 16.6. The summed E-state index contributed by atoms with van der Waals surface area (Å²) in [6.07, 6.45) is 0. The van der Waals surface area contributed by atoms with Crippen molar-refractivity contribution < 1.29 is 14.5 Å². The monoisotopic (exact) mass is 428 g/mol. The minimum atomic E-state index is -0.482. The molecule has 0 aliphatic carbocycles. The molecular formula is C24H20N4O4. The van der Waals surface area contributed by atoms with E-state index in [4.69, 9.17) is 0 Å². The van der Waals surface area contributed by atoms with Gasteiger partial charge >= 0.3 is 0 Å². The van der Waals surface area contributed by atoms with Gasteiger partial charge in [0.15, 0.2) is 0 Å². The van der Waals surface area contributed by atoms with Crippen LogP contribution in [0, 0.1) is 10.1 Å². The summed E-state index contributed by atoms with van der Waals surface area (Å²) >= 11 is 0. The fourth-order valence-electron chi connectivity index (χ4n) is 3.48. The number of non-ortho nitro benzene ring substituents is 1. The average Bonchev–Trinajstić information content (AvgIpc) is 3.12. The van der Waals surface area contributed by atoms with Gasteiger partial charge in [-0.3, -0.25) is 19.7 Å². The summed E-state index contributed by atoms with van der Waals surface area (Å²) in [5.74, 6) is -0.447. The molecule has 0 spiro atoms. The van der Waals surface area contributed by atoms with Gasteiger partial charge in [-0.2, -0.15) is 0 Å². The fourth-order valence-corrected chi connectivity index (χ4v) is 3.48. The third-order valence-electron chi connectivity index (χ3n) is 5.04. The predicted molar refractivity (Wildman–Crippen MR) is 123 cm³/mol. The number of rotatable bonds is 6. The number of benzene rings is 3. The van der Waals surface area contributed by atoms with Crippen molar-refractivity contribution in [1.82, 2.24) is 5.32 Å². The normalized spacial score (nSPS) is 13.7. The second-order valence-corrected chi connectivity index (χ2v) is 7.29. The standard InChI is InChI=1S/C24H20N4O4/c1-15(29)25-14-16-7-9-18(10-8-16)26-23(17-5-3-2-4-6-17)22-20-13-19(28(31)32)11-12-21(20)27-24(22)30/h2-13,26H,14H2,1H3,(H,25,29)(H,27,30). The molecule has 8 heteroatoms. The Balaban J connectivity index is 1.77. The largest absolute Gasteiger partial charge is 0.354 e. The summed E-state index contributed by atoms with van der Waals surface area (Å²) in [6.45, 7) is 1.88. The van der Waals surface area contributed by atoms with Gasteiger partial charge in [0.05, 0.1) is 16.2 Å². The first-order valence-electron chi connectivity index (χ1n) is 9.92. The molecule has 1 aliphatic heterocycles. The van der Waals surface area contributed by atoms with Gasteiger partial charge in [-0.05, 0) is 29.3 Å². The molecule has 0 radical (unpaired) electrons. The van der Waals surface area contributed by atoms with Crippen LogP contribution in [-0.4, -0.2) is 16.7 Å². The number of hydrogen-bond donors (Lipinski definition) is 3. The molecule has 0 bridgehead atoms. The van der Waals surface area contributed by atoms with E-state index in [1.807, 2.05) is 54.6 Å². The number of amides is 2. The molecule has 32 heavy (non-hydrogen) atoms. The zero-order valence-corrected chi connectivity index (χ0v) is 17.2. The van der Waals surface area contributed by atoms with Gasteiger partial charge in [0.1, 0.15) is 0 Å². The van der Waals surface area contributed by atoms with Crippen molar-refractivity contribution in [1.29, 1.82) is 0 Å². The fraction of sp³-hybridized carbons (Fsp3) is 0.0833. The molecule has 3 aromatic rings. The first kappa shape index (κ1) is 20.8. The molecule has 8 nitrogen and oxygen atoms in total. The van der Waals surface area contributed by atoms with E-state index in [0.29, 0.717) is 29.1 Å². The maximum absolute atomic E-state index is 12.9. The van der Waals surface area contributed by atoms with Gasteiger partial charge in [0.25, 0.3) is 11.6 Å². The minimum absolute atomic E-state index is 0.0903. The number of nitrogens with zero attached hydrogens (tertiary/aromatic N) is 1. The molecule has 3 N–H and O–H groups in total. The number of nitrogens with one attached hydrogen (secondary N) is 3. The van der Waals surface area contributed by atoms with Crippen LogP contribution in [0.25, 0.3) is 11.3 Å². The van der Waals surface area contributed by atoms with E-state index in [1.54, 1.807) is 0 Å². The summed E-state index contributed by atoms with van der Waals surface area (Å²) in [7, 11) is 0. The Morgan fingerprint density at radius 3 is 2.41 bits per heavy atom. The van der Waals surface area contributed by atoms with Crippen LogP contribution >= 0.6 is 0 Å². The quantitative estimate of drug-likeness (QED) is 0.310. The lowest BCUT2D eigenvalue weighted by molar-refractivity contribution is -0.384. The zero-order valence-electron chi connectivity index (χ0n) is 17.2. The summed E-state index contributed by atoms with van der Waals surface area (Å²) in [6, 6.07) is 21.1. The van der Waals surface area contributed by atoms with E-state index < -0.39 is 4.92 Å². The maximum Gasteiger partial charge on any atom is 0.270 e. The Morgan fingerprint density at radius 1 is 1.03 bits per heavy atom. The van der Waals surface area contributed by atoms with Crippen LogP contribution in [0.3, 0.4) is 0 Å². The van der Waals surface area contributed by atoms with Crippen molar-refractivity contribution in [2.24, 2.45) is 0 Å². The Hall–Kier alpha value is -4.46. The molecule has 160 valence electrons. The van der Waals surface area contributed by atoms with Crippen LogP contribution in [0.4, 0.5) is 17.1 Å². The predicted octanol–water partition coefficient (Wildman–Crippen LogP) is 4.16. The molecule has 0 saturated heterocycles. The lowest BCUT2D eigenvalue weighted by Gasteiger charge is -2.15. The SMILES string of the molecule is CC(=O)NCc1ccc(NC(=C2C(=O)Nc3ccc([N+](=O)[O-])cc32)c2ccccc2)cc1. The van der Waals surface area contributed by atoms with Crippen molar-refractivity contribution in [3.63, 3.8) is 0 Å². The summed E-state index contributed by atoms with van der Waals surface area (Å²) in [5.41, 5.74) is 4.20. The molecule has 0 fully saturated rings. The topological polar surface area (TPSA) is 113 Å². The van der Waals surface area contributed by atoms with E-state index in [0.717, 1.165) is 16.8 Å². The summed E-state index contributed by atoms with van der Waals surface area (Å²) in [5, 5.41) is 20.1. The lowest BCUT2D eigenvalue weighted by atomic mass is 9.99. The Labute approximate surface area is 184 Å². The third-order valence-corrected chi connectivity index (χ3v) is 5.04.